The quantitative estimate of drug-likeness (QED) is 0.211. The highest BCUT2D eigenvalue weighted by Gasteiger charge is 2.21. The van der Waals surface area contributed by atoms with Crippen LogP contribution in [0.15, 0.2) is 0 Å². The molecule has 0 saturated heterocycles. The molecule has 1 atom stereocenters. The van der Waals surface area contributed by atoms with Crippen LogP contribution in [0.4, 0.5) is 0 Å². The summed E-state index contributed by atoms with van der Waals surface area (Å²) in [5.74, 6) is 0.550. The maximum Gasteiger partial charge on any atom is 0.225 e. The van der Waals surface area contributed by atoms with Crippen LogP contribution in [0.2, 0.25) is 0 Å². The molecular formula is C25H52N2O. The van der Waals surface area contributed by atoms with Crippen molar-refractivity contribution < 1.29 is 4.79 Å². The highest BCUT2D eigenvalue weighted by atomic mass is 16.2. The highest BCUT2D eigenvalue weighted by Crippen LogP contribution is 2.20. The van der Waals surface area contributed by atoms with Gasteiger partial charge in [-0.1, -0.05) is 96.8 Å². The van der Waals surface area contributed by atoms with Crippen molar-refractivity contribution in [2.45, 2.75) is 130 Å². The summed E-state index contributed by atoms with van der Waals surface area (Å²) in [7, 11) is 0. The van der Waals surface area contributed by atoms with Gasteiger partial charge in [-0.05, 0) is 39.7 Å². The van der Waals surface area contributed by atoms with Gasteiger partial charge >= 0.3 is 0 Å². The van der Waals surface area contributed by atoms with Gasteiger partial charge < -0.3 is 10.6 Å². The van der Waals surface area contributed by atoms with Crippen molar-refractivity contribution in [1.82, 2.24) is 4.90 Å². The second kappa shape index (κ2) is 21.1. The summed E-state index contributed by atoms with van der Waals surface area (Å²) in [4.78, 5) is 14.7. The Morgan fingerprint density at radius 3 is 1.43 bits per heavy atom. The van der Waals surface area contributed by atoms with Gasteiger partial charge in [0.15, 0.2) is 0 Å². The molecule has 0 aromatic rings. The lowest BCUT2D eigenvalue weighted by Crippen LogP contribution is -2.36. The molecule has 0 aliphatic rings. The normalized spacial score (nSPS) is 12.3. The van der Waals surface area contributed by atoms with Crippen LogP contribution in [0.3, 0.4) is 0 Å². The van der Waals surface area contributed by atoms with E-state index in [1.54, 1.807) is 0 Å². The number of carbonyl (C=O) groups is 1. The minimum absolute atomic E-state index is 0.195. The van der Waals surface area contributed by atoms with E-state index in [-0.39, 0.29) is 5.92 Å². The topological polar surface area (TPSA) is 46.3 Å². The summed E-state index contributed by atoms with van der Waals surface area (Å²) in [5.41, 5.74) is 5.67. The molecule has 0 spiro atoms. The summed E-state index contributed by atoms with van der Waals surface area (Å²) < 4.78 is 0. The lowest BCUT2D eigenvalue weighted by Gasteiger charge is -2.25. The molecular weight excluding hydrogens is 344 g/mol. The van der Waals surface area contributed by atoms with Crippen molar-refractivity contribution >= 4 is 5.91 Å². The SMILES string of the molecule is CCCCCCCCCCCCCCCCC(CCCN)C(=O)N(CC)CC. The Labute approximate surface area is 177 Å². The van der Waals surface area contributed by atoms with E-state index in [1.165, 1.54) is 89.9 Å². The van der Waals surface area contributed by atoms with Crippen LogP contribution in [0, 0.1) is 5.92 Å². The van der Waals surface area contributed by atoms with E-state index < -0.39 is 0 Å². The molecule has 3 nitrogen and oxygen atoms in total. The lowest BCUT2D eigenvalue weighted by molar-refractivity contribution is -0.135. The number of hydrogen-bond donors (Lipinski definition) is 1. The number of rotatable bonds is 21. The van der Waals surface area contributed by atoms with Gasteiger partial charge in [-0.15, -0.1) is 0 Å². The van der Waals surface area contributed by atoms with Gasteiger partial charge in [0.25, 0.3) is 0 Å². The first-order valence-corrected chi connectivity index (χ1v) is 12.7. The van der Waals surface area contributed by atoms with Crippen LogP contribution in [0.5, 0.6) is 0 Å². The summed E-state index contributed by atoms with van der Waals surface area (Å²) in [6.45, 7) is 8.79. The number of nitrogens with zero attached hydrogens (tertiary/aromatic N) is 1. The Balaban J connectivity index is 3.65. The van der Waals surface area contributed by atoms with Gasteiger partial charge in [0.1, 0.15) is 0 Å². The molecule has 0 rings (SSSR count). The van der Waals surface area contributed by atoms with Crippen molar-refractivity contribution in [3.8, 4) is 0 Å². The molecule has 3 heteroatoms. The van der Waals surface area contributed by atoms with Crippen LogP contribution in [0.1, 0.15) is 130 Å². The number of amides is 1. The van der Waals surface area contributed by atoms with E-state index in [0.717, 1.165) is 32.4 Å². The molecule has 0 aliphatic heterocycles. The first kappa shape index (κ1) is 27.4. The van der Waals surface area contributed by atoms with E-state index >= 15 is 0 Å². The van der Waals surface area contributed by atoms with Crippen molar-refractivity contribution in [3.63, 3.8) is 0 Å². The van der Waals surface area contributed by atoms with Gasteiger partial charge in [-0.2, -0.15) is 0 Å². The van der Waals surface area contributed by atoms with Crippen molar-refractivity contribution in [2.24, 2.45) is 11.7 Å². The Kier molecular flexibility index (Phi) is 20.7. The van der Waals surface area contributed by atoms with E-state index in [4.69, 9.17) is 5.73 Å². The van der Waals surface area contributed by atoms with Crippen molar-refractivity contribution in [1.29, 1.82) is 0 Å². The molecule has 0 aromatic carbocycles. The van der Waals surface area contributed by atoms with Crippen LogP contribution in [-0.2, 0) is 4.79 Å². The highest BCUT2D eigenvalue weighted by molar-refractivity contribution is 5.78. The van der Waals surface area contributed by atoms with E-state index in [1.807, 2.05) is 4.90 Å². The molecule has 0 radical (unpaired) electrons. The third kappa shape index (κ3) is 15.4. The second-order valence-corrected chi connectivity index (χ2v) is 8.52. The first-order valence-electron chi connectivity index (χ1n) is 12.7. The Morgan fingerprint density at radius 1 is 0.643 bits per heavy atom. The molecule has 1 amide bonds. The zero-order valence-electron chi connectivity index (χ0n) is 19.7. The van der Waals surface area contributed by atoms with Gasteiger partial charge in [0, 0.05) is 19.0 Å². The summed E-state index contributed by atoms with van der Waals surface area (Å²) in [6.07, 6.45) is 22.3. The number of nitrogens with two attached hydrogens (primary N) is 1. The lowest BCUT2D eigenvalue weighted by atomic mass is 9.94. The fourth-order valence-corrected chi connectivity index (χ4v) is 4.13. The predicted molar refractivity (Wildman–Crippen MR) is 125 cm³/mol. The van der Waals surface area contributed by atoms with E-state index in [2.05, 4.69) is 20.8 Å². The van der Waals surface area contributed by atoms with Crippen LogP contribution < -0.4 is 5.73 Å². The van der Waals surface area contributed by atoms with Gasteiger partial charge in [-0.3, -0.25) is 4.79 Å². The monoisotopic (exact) mass is 396 g/mol. The van der Waals surface area contributed by atoms with Crippen molar-refractivity contribution in [2.75, 3.05) is 19.6 Å². The zero-order chi connectivity index (χ0) is 20.9. The summed E-state index contributed by atoms with van der Waals surface area (Å²) in [6, 6.07) is 0. The fraction of sp³-hybridized carbons (Fsp3) is 0.960. The average Bonchev–Trinajstić information content (AvgIpc) is 2.71. The molecule has 0 saturated carbocycles. The molecule has 2 N–H and O–H groups in total. The van der Waals surface area contributed by atoms with Gasteiger partial charge in [0.2, 0.25) is 5.91 Å². The van der Waals surface area contributed by atoms with Crippen molar-refractivity contribution in [3.05, 3.63) is 0 Å². The minimum Gasteiger partial charge on any atom is -0.343 e. The molecule has 1 unspecified atom stereocenters. The molecule has 0 aromatic heterocycles. The third-order valence-electron chi connectivity index (χ3n) is 6.09. The second-order valence-electron chi connectivity index (χ2n) is 8.52. The van der Waals surface area contributed by atoms with E-state index in [9.17, 15) is 4.79 Å². The first-order chi connectivity index (χ1) is 13.7. The summed E-state index contributed by atoms with van der Waals surface area (Å²) in [5, 5.41) is 0. The molecule has 168 valence electrons. The number of unbranched alkanes of at least 4 members (excludes halogenated alkanes) is 13. The fourth-order valence-electron chi connectivity index (χ4n) is 4.13. The van der Waals surface area contributed by atoms with Gasteiger partial charge in [-0.25, -0.2) is 0 Å². The van der Waals surface area contributed by atoms with Crippen LogP contribution in [-0.4, -0.2) is 30.4 Å². The summed E-state index contributed by atoms with van der Waals surface area (Å²) >= 11 is 0. The Hall–Kier alpha value is -0.570. The smallest absolute Gasteiger partial charge is 0.225 e. The molecule has 0 aliphatic carbocycles. The standard InChI is InChI=1S/C25H52N2O/c1-4-7-8-9-10-11-12-13-14-15-16-17-18-19-21-24(22-20-23-26)25(28)27(5-2)6-3/h24H,4-23,26H2,1-3H3. The molecule has 0 fully saturated rings. The number of carbonyl (C=O) groups excluding carboxylic acids is 1. The average molecular weight is 397 g/mol. The largest absolute Gasteiger partial charge is 0.343 e. The maximum absolute atomic E-state index is 12.7. The number of hydrogen-bond acceptors (Lipinski definition) is 2. The van der Waals surface area contributed by atoms with Crippen LogP contribution >= 0.6 is 0 Å². The Morgan fingerprint density at radius 2 is 1.04 bits per heavy atom. The Bertz CT molecular complexity index is 329. The minimum atomic E-state index is 0.195. The van der Waals surface area contributed by atoms with E-state index in [0.29, 0.717) is 12.5 Å². The zero-order valence-corrected chi connectivity index (χ0v) is 19.7. The molecule has 28 heavy (non-hydrogen) atoms. The third-order valence-corrected chi connectivity index (χ3v) is 6.09. The maximum atomic E-state index is 12.7. The van der Waals surface area contributed by atoms with Crippen LogP contribution in [0.25, 0.3) is 0 Å². The predicted octanol–water partition coefficient (Wildman–Crippen LogP) is 7.08. The van der Waals surface area contributed by atoms with Gasteiger partial charge in [0.05, 0.1) is 0 Å². The molecule has 0 bridgehead atoms. The molecule has 0 heterocycles.